The molecule has 0 N–H and O–H groups in total. The van der Waals surface area contributed by atoms with E-state index in [1.54, 1.807) is 0 Å². The summed E-state index contributed by atoms with van der Waals surface area (Å²) in [5.74, 6) is 0. The summed E-state index contributed by atoms with van der Waals surface area (Å²) in [6.45, 7) is 0. The van der Waals surface area contributed by atoms with Gasteiger partial charge in [-0.1, -0.05) is 0 Å². The summed E-state index contributed by atoms with van der Waals surface area (Å²) in [6.07, 6.45) is 0. The number of benzene rings is 2. The summed E-state index contributed by atoms with van der Waals surface area (Å²) in [7, 11) is 0. The van der Waals surface area contributed by atoms with Crippen LogP contribution in [0.2, 0.25) is 5.02 Å². The van der Waals surface area contributed by atoms with Crippen LogP contribution in [0.3, 0.4) is 0 Å². The van der Waals surface area contributed by atoms with Gasteiger partial charge in [0.25, 0.3) is 0 Å². The molecule has 73 valence electrons. The van der Waals surface area contributed by atoms with Gasteiger partial charge in [0.15, 0.2) is 0 Å². The van der Waals surface area contributed by atoms with Gasteiger partial charge in [-0.25, -0.2) is 0 Å². The van der Waals surface area contributed by atoms with Crippen LogP contribution < -0.4 is 4.46 Å². The van der Waals surface area contributed by atoms with Crippen LogP contribution in [0.4, 0.5) is 0 Å². The zero-order valence-corrected chi connectivity index (χ0v) is 10.1. The fraction of sp³-hybridized carbons (Fsp3) is 0. The molecule has 0 fully saturated rings. The van der Waals surface area contributed by atoms with Crippen LogP contribution in [0.25, 0.3) is 21.9 Å². The molecular weight excluding hydrogens is 275 g/mol. The first-order valence-electron chi connectivity index (χ1n) is 4.53. The zero-order valence-electron chi connectivity index (χ0n) is 7.66. The molecule has 0 bridgehead atoms. The van der Waals surface area contributed by atoms with Gasteiger partial charge in [-0.05, 0) is 0 Å². The van der Waals surface area contributed by atoms with E-state index in [4.69, 9.17) is 16.0 Å². The van der Waals surface area contributed by atoms with Crippen molar-refractivity contribution in [3.63, 3.8) is 0 Å². The van der Waals surface area contributed by atoms with Crippen molar-refractivity contribution in [2.24, 2.45) is 0 Å². The zero-order chi connectivity index (χ0) is 10.4. The van der Waals surface area contributed by atoms with Crippen LogP contribution in [0.15, 0.2) is 40.8 Å². The molecular formula is C12H6ClOSe. The molecule has 0 saturated heterocycles. The van der Waals surface area contributed by atoms with Crippen molar-refractivity contribution in [1.82, 2.24) is 0 Å². The molecule has 1 radical (unpaired) electrons. The number of furan rings is 1. The maximum atomic E-state index is 5.97. The topological polar surface area (TPSA) is 13.1 Å². The molecule has 0 unspecified atom stereocenters. The SMILES string of the molecule is Clc1cc([Se])c2c(c1)oc1ccccc12. The van der Waals surface area contributed by atoms with Crippen LogP contribution in [0.1, 0.15) is 0 Å². The Morgan fingerprint density at radius 1 is 1.07 bits per heavy atom. The molecule has 1 heterocycles. The Balaban J connectivity index is 2.61. The molecule has 0 aliphatic rings. The molecule has 3 rings (SSSR count). The molecule has 0 atom stereocenters. The monoisotopic (exact) mass is 281 g/mol. The van der Waals surface area contributed by atoms with Crippen LogP contribution >= 0.6 is 11.6 Å². The second kappa shape index (κ2) is 3.28. The van der Waals surface area contributed by atoms with E-state index in [0.717, 1.165) is 26.4 Å². The van der Waals surface area contributed by atoms with Crippen molar-refractivity contribution in [3.8, 4) is 0 Å². The molecule has 0 saturated carbocycles. The van der Waals surface area contributed by atoms with Crippen LogP contribution in [0, 0.1) is 0 Å². The van der Waals surface area contributed by atoms with E-state index in [2.05, 4.69) is 22.1 Å². The number of fused-ring (bicyclic) bond motifs is 3. The standard InChI is InChI=1S/C12H6ClOSe/c13-7-5-10-12(11(15)6-7)8-3-1-2-4-9(8)14-10/h1-6H. The molecule has 0 aliphatic heterocycles. The Morgan fingerprint density at radius 2 is 1.87 bits per heavy atom. The predicted molar refractivity (Wildman–Crippen MR) is 64.1 cm³/mol. The van der Waals surface area contributed by atoms with Crippen LogP contribution in [0.5, 0.6) is 0 Å². The fourth-order valence-corrected chi connectivity index (χ4v) is 2.85. The number of hydrogen-bond acceptors (Lipinski definition) is 1. The van der Waals surface area contributed by atoms with Gasteiger partial charge in [0, 0.05) is 0 Å². The predicted octanol–water partition coefficient (Wildman–Crippen LogP) is 3.03. The third-order valence-corrected chi connectivity index (χ3v) is 3.30. The average molecular weight is 281 g/mol. The number of rotatable bonds is 0. The van der Waals surface area contributed by atoms with Gasteiger partial charge in [-0.2, -0.15) is 0 Å². The Morgan fingerprint density at radius 3 is 2.73 bits per heavy atom. The maximum absolute atomic E-state index is 5.97. The summed E-state index contributed by atoms with van der Waals surface area (Å²) < 4.78 is 6.74. The van der Waals surface area contributed by atoms with E-state index in [-0.39, 0.29) is 0 Å². The van der Waals surface area contributed by atoms with Crippen molar-refractivity contribution >= 4 is 54.0 Å². The van der Waals surface area contributed by atoms with Gasteiger partial charge in [-0.3, -0.25) is 0 Å². The van der Waals surface area contributed by atoms with E-state index >= 15 is 0 Å². The second-order valence-corrected chi connectivity index (χ2v) is 4.73. The fourth-order valence-electron chi connectivity index (χ4n) is 1.78. The summed E-state index contributed by atoms with van der Waals surface area (Å²) in [5, 5.41) is 2.92. The summed E-state index contributed by atoms with van der Waals surface area (Å²) in [5.41, 5.74) is 1.73. The third kappa shape index (κ3) is 1.37. The Kier molecular flexibility index (Phi) is 2.03. The van der Waals surface area contributed by atoms with E-state index < -0.39 is 0 Å². The first-order valence-corrected chi connectivity index (χ1v) is 5.77. The summed E-state index contributed by atoms with van der Waals surface area (Å²) >= 11 is 8.99. The Labute approximate surface area is 99.8 Å². The molecule has 1 nitrogen and oxygen atoms in total. The minimum absolute atomic E-state index is 0.690. The molecule has 1 aromatic heterocycles. The number of halogens is 1. The van der Waals surface area contributed by atoms with Crippen LogP contribution in [-0.2, 0) is 0 Å². The number of para-hydroxylation sites is 1. The van der Waals surface area contributed by atoms with Gasteiger partial charge in [0.2, 0.25) is 0 Å². The summed E-state index contributed by atoms with van der Waals surface area (Å²) in [4.78, 5) is 0. The van der Waals surface area contributed by atoms with Gasteiger partial charge in [0.05, 0.1) is 0 Å². The molecule has 3 aromatic rings. The molecule has 0 aliphatic carbocycles. The van der Waals surface area contributed by atoms with E-state index in [1.165, 1.54) is 0 Å². The molecule has 0 amide bonds. The van der Waals surface area contributed by atoms with Crippen molar-refractivity contribution < 1.29 is 4.42 Å². The summed E-state index contributed by atoms with van der Waals surface area (Å²) in [6, 6.07) is 11.7. The van der Waals surface area contributed by atoms with Crippen molar-refractivity contribution in [3.05, 3.63) is 41.4 Å². The average Bonchev–Trinajstić information content (AvgIpc) is 2.54. The van der Waals surface area contributed by atoms with Gasteiger partial charge in [0.1, 0.15) is 0 Å². The molecule has 2 aromatic carbocycles. The van der Waals surface area contributed by atoms with Crippen molar-refractivity contribution in [2.75, 3.05) is 0 Å². The minimum atomic E-state index is 0.690. The third-order valence-electron chi connectivity index (χ3n) is 2.41. The van der Waals surface area contributed by atoms with E-state index in [1.807, 2.05) is 30.3 Å². The van der Waals surface area contributed by atoms with Gasteiger partial charge >= 0.3 is 99.9 Å². The molecule has 15 heavy (non-hydrogen) atoms. The van der Waals surface area contributed by atoms with Gasteiger partial charge in [-0.15, -0.1) is 0 Å². The first kappa shape index (κ1) is 9.29. The molecule has 3 heteroatoms. The quantitative estimate of drug-likeness (QED) is 0.577. The number of hydrogen-bond donors (Lipinski definition) is 0. The van der Waals surface area contributed by atoms with Crippen molar-refractivity contribution in [1.29, 1.82) is 0 Å². The Hall–Kier alpha value is -0.951. The van der Waals surface area contributed by atoms with E-state index in [0.29, 0.717) is 5.02 Å². The van der Waals surface area contributed by atoms with E-state index in [9.17, 15) is 0 Å². The molecule has 0 spiro atoms. The van der Waals surface area contributed by atoms with Gasteiger partial charge < -0.3 is 0 Å². The Bertz CT molecular complexity index is 657. The second-order valence-electron chi connectivity index (χ2n) is 3.38. The van der Waals surface area contributed by atoms with Crippen molar-refractivity contribution in [2.45, 2.75) is 0 Å². The first-order chi connectivity index (χ1) is 7.25. The van der Waals surface area contributed by atoms with Crippen LogP contribution in [-0.4, -0.2) is 16.0 Å². The normalized spacial score (nSPS) is 11.3.